The van der Waals surface area contributed by atoms with Crippen LogP contribution in [0.25, 0.3) is 22.3 Å². The highest BCUT2D eigenvalue weighted by Crippen LogP contribution is 2.57. The normalized spacial score (nSPS) is 16.9. The standard InChI is InChI=1S/C83H97O8PSi2/c1-9-10-11-12-13-14-15-16-29-55-78(90-93(82(3,4)5,63-39-21-17-22-40-63)64-41-23-18-24-42-64)62(2)77(56-38-57-79-80(58-59-81(84)88-79)91-94(83(6,7)8,65-43-25-19-26-44-65)66-45-27-20-28-46-66)89-92(85,86-60-75-71-51-34-30-47-67(71)68-48-31-35-52-72(68)75)87-61-76-73-53-36-32-49-69(73)70-50-33-37-54-74(70)76/h17-28,30-54,57-59,62,75-80H,9-16,29,55-56,60-61H2,1-8H3/b57-38+/t62-,77+,78+,79+,80+/m1/s1. The Labute approximate surface area is 563 Å². The summed E-state index contributed by atoms with van der Waals surface area (Å²) < 4.78 is 60.8. The number of cyclic esters (lactones) is 1. The molecule has 11 heteroatoms. The molecule has 490 valence electrons. The largest absolute Gasteiger partial charge is 0.475 e. The number of hydrogen-bond donors (Lipinski definition) is 0. The molecule has 0 aromatic heterocycles. The summed E-state index contributed by atoms with van der Waals surface area (Å²) in [6, 6.07) is 76.5. The number of benzene rings is 8. The summed E-state index contributed by atoms with van der Waals surface area (Å²) in [5, 5.41) is 3.90. The fourth-order valence-corrected chi connectivity index (χ4v) is 26.0. The lowest BCUT2D eigenvalue weighted by atomic mass is 9.91. The highest BCUT2D eigenvalue weighted by Gasteiger charge is 2.54. The summed E-state index contributed by atoms with van der Waals surface area (Å²) in [6.07, 6.45) is 16.3. The van der Waals surface area contributed by atoms with Gasteiger partial charge >= 0.3 is 13.8 Å². The predicted octanol–water partition coefficient (Wildman–Crippen LogP) is 19.0. The first-order valence-electron chi connectivity index (χ1n) is 34.6. The molecule has 0 amide bonds. The van der Waals surface area contributed by atoms with Crippen molar-refractivity contribution in [2.24, 2.45) is 5.92 Å². The number of unbranched alkanes of at least 4 members (excludes halogenated alkanes) is 8. The zero-order valence-electron chi connectivity index (χ0n) is 56.5. The van der Waals surface area contributed by atoms with Crippen molar-refractivity contribution in [3.8, 4) is 22.3 Å². The Hall–Kier alpha value is -6.83. The van der Waals surface area contributed by atoms with Gasteiger partial charge in [-0.25, -0.2) is 9.36 Å². The van der Waals surface area contributed by atoms with Gasteiger partial charge in [-0.3, -0.25) is 13.6 Å². The van der Waals surface area contributed by atoms with E-state index in [-0.39, 0.29) is 41.5 Å². The van der Waals surface area contributed by atoms with Gasteiger partial charge in [-0.15, -0.1) is 0 Å². The van der Waals surface area contributed by atoms with Crippen LogP contribution in [0.4, 0.5) is 0 Å². The number of phosphoric acid groups is 1. The van der Waals surface area contributed by atoms with Gasteiger partial charge in [0.2, 0.25) is 0 Å². The molecule has 0 radical (unpaired) electrons. The Morgan fingerprint density at radius 2 is 0.862 bits per heavy atom. The van der Waals surface area contributed by atoms with Gasteiger partial charge in [0, 0.05) is 23.8 Å². The van der Waals surface area contributed by atoms with Crippen LogP contribution in [-0.4, -0.2) is 60.2 Å². The van der Waals surface area contributed by atoms with Crippen LogP contribution < -0.4 is 20.7 Å². The van der Waals surface area contributed by atoms with Crippen molar-refractivity contribution < 1.29 is 36.5 Å². The molecule has 8 aromatic carbocycles. The van der Waals surface area contributed by atoms with E-state index in [4.69, 9.17) is 27.2 Å². The molecule has 0 saturated carbocycles. The SMILES string of the molecule is CCCCCCCCCCC[C@H](O[Si](c1ccccc1)(c1ccccc1)C(C)(C)C)[C@H](C)[C@H](C/C=C/[C@@H]1OC(=O)C=C[C@@H]1O[Si](c1ccccc1)(c1ccccc1)C(C)(C)C)OP(=O)(OCC1c2ccccc2-c2ccccc21)OCC1c2ccccc2-c2ccccc21. The van der Waals surface area contributed by atoms with E-state index >= 15 is 4.57 Å². The first-order valence-corrected chi connectivity index (χ1v) is 39.9. The molecule has 0 spiro atoms. The Balaban J connectivity index is 1.01. The van der Waals surface area contributed by atoms with Crippen LogP contribution in [0.1, 0.15) is 160 Å². The highest BCUT2D eigenvalue weighted by molar-refractivity contribution is 7.48. The molecule has 2 aliphatic carbocycles. The van der Waals surface area contributed by atoms with Gasteiger partial charge in [-0.1, -0.05) is 338 Å². The maximum absolute atomic E-state index is 16.9. The molecule has 5 atom stereocenters. The van der Waals surface area contributed by atoms with Gasteiger partial charge in [0.05, 0.1) is 25.4 Å². The average Bonchev–Trinajstić information content (AvgIpc) is 1.12. The van der Waals surface area contributed by atoms with Crippen molar-refractivity contribution in [1.82, 2.24) is 0 Å². The van der Waals surface area contributed by atoms with Gasteiger partial charge in [0.1, 0.15) is 12.2 Å². The Morgan fingerprint density at radius 3 is 1.27 bits per heavy atom. The van der Waals surface area contributed by atoms with Gasteiger partial charge in [0.25, 0.3) is 16.6 Å². The van der Waals surface area contributed by atoms with Crippen LogP contribution in [0.15, 0.2) is 243 Å². The molecular formula is C83H97O8PSi2. The zero-order valence-corrected chi connectivity index (χ0v) is 59.4. The number of fused-ring (bicyclic) bond motifs is 6. The van der Waals surface area contributed by atoms with E-state index in [0.29, 0.717) is 0 Å². The van der Waals surface area contributed by atoms with Crippen molar-refractivity contribution in [3.63, 3.8) is 0 Å². The average molecular weight is 1310 g/mol. The van der Waals surface area contributed by atoms with Crippen LogP contribution in [0, 0.1) is 5.92 Å². The molecule has 1 heterocycles. The summed E-state index contributed by atoms with van der Waals surface area (Å²) in [5.41, 5.74) is 8.95. The number of hydrogen-bond acceptors (Lipinski definition) is 8. The second kappa shape index (κ2) is 30.9. The van der Waals surface area contributed by atoms with Crippen LogP contribution in [0.5, 0.6) is 0 Å². The smallest absolute Gasteiger partial charge is 0.452 e. The van der Waals surface area contributed by atoms with Crippen LogP contribution in [0.3, 0.4) is 0 Å². The number of ether oxygens (including phenoxy) is 1. The highest BCUT2D eigenvalue weighted by atomic mass is 31.2. The number of esters is 1. The van der Waals surface area contributed by atoms with Crippen LogP contribution >= 0.6 is 7.82 Å². The number of carbonyl (C=O) groups excluding carboxylic acids is 1. The van der Waals surface area contributed by atoms with E-state index in [1.165, 1.54) is 55.0 Å². The maximum Gasteiger partial charge on any atom is 0.475 e. The van der Waals surface area contributed by atoms with E-state index < -0.39 is 60.8 Å². The third-order valence-electron chi connectivity index (χ3n) is 19.9. The number of rotatable bonds is 31. The van der Waals surface area contributed by atoms with Crippen molar-refractivity contribution in [2.75, 3.05) is 13.2 Å². The minimum absolute atomic E-state index is 0.0478. The van der Waals surface area contributed by atoms with Gasteiger partial charge in [0.15, 0.2) is 0 Å². The maximum atomic E-state index is 16.9. The van der Waals surface area contributed by atoms with E-state index in [0.717, 1.165) is 80.6 Å². The van der Waals surface area contributed by atoms with E-state index in [2.05, 4.69) is 262 Å². The molecule has 11 rings (SSSR count). The van der Waals surface area contributed by atoms with Crippen molar-refractivity contribution in [1.29, 1.82) is 0 Å². The van der Waals surface area contributed by atoms with Crippen LogP contribution in [-0.2, 0) is 36.5 Å². The lowest BCUT2D eigenvalue weighted by Crippen LogP contribution is -2.68. The van der Waals surface area contributed by atoms with Gasteiger partial charge in [-0.05, 0) is 100 Å². The lowest BCUT2D eigenvalue weighted by Gasteiger charge is -2.47. The molecule has 0 bridgehead atoms. The quantitative estimate of drug-likeness (QED) is 0.0140. The third kappa shape index (κ3) is 15.1. The van der Waals surface area contributed by atoms with E-state index in [9.17, 15) is 4.79 Å². The van der Waals surface area contributed by atoms with Crippen molar-refractivity contribution >= 4 is 51.2 Å². The van der Waals surface area contributed by atoms with E-state index in [1.807, 2.05) is 30.4 Å². The van der Waals surface area contributed by atoms with Crippen LogP contribution in [0.2, 0.25) is 10.1 Å². The molecule has 8 aromatic rings. The summed E-state index contributed by atoms with van der Waals surface area (Å²) in [5.74, 6) is -1.33. The molecule has 8 nitrogen and oxygen atoms in total. The fraction of sp³-hybridized carbons (Fsp3) is 0.361. The second-order valence-electron chi connectivity index (χ2n) is 28.1. The first kappa shape index (κ1) is 68.6. The number of carbonyl (C=O) groups is 1. The molecule has 0 saturated heterocycles. The first-order chi connectivity index (χ1) is 45.5. The Kier molecular flexibility index (Phi) is 22.6. The fourth-order valence-electron chi connectivity index (χ4n) is 15.1. The Morgan fingerprint density at radius 1 is 0.489 bits per heavy atom. The van der Waals surface area contributed by atoms with Crippen molar-refractivity contribution in [2.45, 2.75) is 172 Å². The molecular weight excluding hydrogens is 1210 g/mol. The second-order valence-corrected chi connectivity index (χ2v) is 38.2. The molecule has 0 N–H and O–H groups in total. The molecule has 3 aliphatic rings. The van der Waals surface area contributed by atoms with Crippen molar-refractivity contribution in [3.05, 3.63) is 265 Å². The van der Waals surface area contributed by atoms with Gasteiger partial charge in [-0.2, -0.15) is 0 Å². The summed E-state index contributed by atoms with van der Waals surface area (Å²) in [4.78, 5) is 13.7. The van der Waals surface area contributed by atoms with E-state index in [1.54, 1.807) is 0 Å². The minimum Gasteiger partial charge on any atom is -0.452 e. The summed E-state index contributed by atoms with van der Waals surface area (Å²) in [6.45, 7) is 18.3. The summed E-state index contributed by atoms with van der Waals surface area (Å²) >= 11 is 0. The summed E-state index contributed by atoms with van der Waals surface area (Å²) in [7, 11) is -11.0. The molecule has 0 unspecified atom stereocenters. The number of phosphoric ester groups is 1. The molecule has 94 heavy (non-hydrogen) atoms. The Bertz CT molecular complexity index is 3590. The third-order valence-corrected chi connectivity index (χ3v) is 31.5. The predicted molar refractivity (Wildman–Crippen MR) is 391 cm³/mol. The topological polar surface area (TPSA) is 89.5 Å². The monoisotopic (exact) mass is 1310 g/mol. The molecule has 0 fully saturated rings. The molecule has 1 aliphatic heterocycles. The lowest BCUT2D eigenvalue weighted by molar-refractivity contribution is -0.145. The minimum atomic E-state index is -4.58. The van der Waals surface area contributed by atoms with Gasteiger partial charge < -0.3 is 13.6 Å². The zero-order chi connectivity index (χ0) is 65.8.